The average Bonchev–Trinajstić information content (AvgIpc) is 2.96. The van der Waals surface area contributed by atoms with Crippen molar-refractivity contribution in [1.82, 2.24) is 0 Å². The molecule has 9 heteroatoms. The Hall–Kier alpha value is -2.94. The van der Waals surface area contributed by atoms with Crippen molar-refractivity contribution in [1.29, 1.82) is 0 Å². The van der Waals surface area contributed by atoms with Crippen LogP contribution in [0, 0.1) is 5.92 Å². The van der Waals surface area contributed by atoms with E-state index in [1.54, 1.807) is 13.0 Å². The number of rotatable bonds is 5. The largest absolute Gasteiger partial charge is 0.459 e. The Kier molecular flexibility index (Phi) is 8.24. The summed E-state index contributed by atoms with van der Waals surface area (Å²) in [6, 6.07) is 0. The maximum absolute atomic E-state index is 12.9. The van der Waals surface area contributed by atoms with Crippen molar-refractivity contribution in [3.63, 3.8) is 0 Å². The second-order valence-corrected chi connectivity index (χ2v) is 8.76. The van der Waals surface area contributed by atoms with Crippen LogP contribution in [-0.2, 0) is 38.1 Å². The lowest BCUT2D eigenvalue weighted by Crippen LogP contribution is -2.50. The minimum atomic E-state index is -2.12. The number of esters is 4. The first kappa shape index (κ1) is 26.3. The highest BCUT2D eigenvalue weighted by Gasteiger charge is 2.48. The zero-order chi connectivity index (χ0) is 25.1. The van der Waals surface area contributed by atoms with Gasteiger partial charge < -0.3 is 24.1 Å². The number of aliphatic hydroxyl groups is 1. The van der Waals surface area contributed by atoms with Crippen molar-refractivity contribution in [2.24, 2.45) is 5.92 Å². The Bertz CT molecular complexity index is 896. The van der Waals surface area contributed by atoms with Gasteiger partial charge in [-0.15, -0.1) is 0 Å². The third-order valence-electron chi connectivity index (χ3n) is 5.91. The minimum Gasteiger partial charge on any atom is -0.459 e. The van der Waals surface area contributed by atoms with Gasteiger partial charge in [0.05, 0.1) is 5.92 Å². The van der Waals surface area contributed by atoms with Crippen molar-refractivity contribution in [3.8, 4) is 0 Å². The van der Waals surface area contributed by atoms with Crippen molar-refractivity contribution >= 4 is 23.9 Å². The maximum Gasteiger partial charge on any atom is 0.342 e. The van der Waals surface area contributed by atoms with Crippen molar-refractivity contribution in [3.05, 3.63) is 35.5 Å². The van der Waals surface area contributed by atoms with Crippen LogP contribution in [0.1, 0.15) is 54.4 Å². The van der Waals surface area contributed by atoms with Crippen LogP contribution in [0.3, 0.4) is 0 Å². The summed E-state index contributed by atoms with van der Waals surface area (Å²) in [4.78, 5) is 48.1. The molecule has 182 valence electrons. The monoisotopic (exact) mass is 464 g/mol. The van der Waals surface area contributed by atoms with Crippen LogP contribution in [-0.4, -0.2) is 59.0 Å². The third-order valence-corrected chi connectivity index (χ3v) is 5.91. The highest BCUT2D eigenvalue weighted by atomic mass is 16.6. The van der Waals surface area contributed by atoms with Gasteiger partial charge in [-0.1, -0.05) is 18.2 Å². The van der Waals surface area contributed by atoms with E-state index in [4.69, 9.17) is 18.9 Å². The van der Waals surface area contributed by atoms with E-state index in [9.17, 15) is 24.3 Å². The molecule has 33 heavy (non-hydrogen) atoms. The van der Waals surface area contributed by atoms with E-state index in [-0.39, 0.29) is 12.0 Å². The first-order valence-electron chi connectivity index (χ1n) is 10.8. The zero-order valence-electron chi connectivity index (χ0n) is 19.9. The molecule has 0 saturated carbocycles. The van der Waals surface area contributed by atoms with Gasteiger partial charge in [0.15, 0.2) is 5.60 Å². The smallest absolute Gasteiger partial charge is 0.342 e. The minimum absolute atomic E-state index is 0.131. The third kappa shape index (κ3) is 6.31. The van der Waals surface area contributed by atoms with Gasteiger partial charge in [0, 0.05) is 32.3 Å². The SMILES string of the molecule is C=C1C(=O)O[C@H]2/C=C(\C)[C@@H](OC(C)=O)C/C=C(\C)C[C@@H](OC(=O)C(C)(O)C(C)OC(C)=O)[C@@H]12. The Morgan fingerprint density at radius 3 is 2.42 bits per heavy atom. The van der Waals surface area contributed by atoms with Crippen molar-refractivity contribution in [2.45, 2.75) is 84.4 Å². The molecular weight excluding hydrogens is 432 g/mol. The molecule has 1 aliphatic carbocycles. The molecule has 1 heterocycles. The van der Waals surface area contributed by atoms with Gasteiger partial charge in [-0.25, -0.2) is 9.59 Å². The summed E-state index contributed by atoms with van der Waals surface area (Å²) in [6.07, 6.45) is 0.768. The molecule has 9 nitrogen and oxygen atoms in total. The molecule has 6 atom stereocenters. The van der Waals surface area contributed by atoms with E-state index < -0.39 is 59.8 Å². The Morgan fingerprint density at radius 2 is 1.85 bits per heavy atom. The molecule has 1 saturated heterocycles. The fourth-order valence-electron chi connectivity index (χ4n) is 3.81. The first-order chi connectivity index (χ1) is 15.2. The van der Waals surface area contributed by atoms with Crippen LogP contribution < -0.4 is 0 Å². The summed E-state index contributed by atoms with van der Waals surface area (Å²) < 4.78 is 21.5. The predicted molar refractivity (Wildman–Crippen MR) is 117 cm³/mol. The Balaban J connectivity index is 2.40. The number of carbonyl (C=O) groups is 4. The maximum atomic E-state index is 12.9. The van der Waals surface area contributed by atoms with Gasteiger partial charge in [-0.2, -0.15) is 0 Å². The predicted octanol–water partition coefficient (Wildman–Crippen LogP) is 2.32. The molecule has 1 fully saturated rings. The highest BCUT2D eigenvalue weighted by Crippen LogP contribution is 2.37. The van der Waals surface area contributed by atoms with Crippen LogP contribution in [0.15, 0.2) is 35.5 Å². The first-order valence-corrected chi connectivity index (χ1v) is 10.8. The molecule has 0 amide bonds. The van der Waals surface area contributed by atoms with Gasteiger partial charge in [-0.3, -0.25) is 9.59 Å². The lowest BCUT2D eigenvalue weighted by Gasteiger charge is -2.33. The van der Waals surface area contributed by atoms with Crippen LogP contribution in [0.5, 0.6) is 0 Å². The summed E-state index contributed by atoms with van der Waals surface area (Å²) in [5, 5.41) is 10.7. The quantitative estimate of drug-likeness (QED) is 0.282. The van der Waals surface area contributed by atoms with Gasteiger partial charge in [0.1, 0.15) is 24.4 Å². The lowest BCUT2D eigenvalue weighted by atomic mass is 9.85. The van der Waals surface area contributed by atoms with E-state index in [0.29, 0.717) is 12.0 Å². The normalized spacial score (nSPS) is 31.4. The van der Waals surface area contributed by atoms with Gasteiger partial charge >= 0.3 is 23.9 Å². The average molecular weight is 465 g/mol. The second-order valence-electron chi connectivity index (χ2n) is 8.76. The van der Waals surface area contributed by atoms with Crippen LogP contribution >= 0.6 is 0 Å². The van der Waals surface area contributed by atoms with E-state index in [2.05, 4.69) is 6.58 Å². The van der Waals surface area contributed by atoms with Crippen LogP contribution in [0.4, 0.5) is 0 Å². The number of hydrogen-bond donors (Lipinski definition) is 1. The van der Waals surface area contributed by atoms with Crippen molar-refractivity contribution in [2.75, 3.05) is 0 Å². The standard InChI is InChI=1S/C24H32O9/c1-12-8-9-18(31-17(6)26)13(2)11-20-21(14(3)22(27)32-20)19(10-12)33-23(28)24(7,29)15(4)30-16(5)25/h8,11,15,18-21,29H,3,9-10H2,1-2,4-7H3/b12-8+,13-11+/t15?,18-,19+,20-,21+,24?/m0/s1. The molecular formula is C24H32O9. The van der Waals surface area contributed by atoms with E-state index >= 15 is 0 Å². The molecule has 0 bridgehead atoms. The summed E-state index contributed by atoms with van der Waals surface area (Å²) >= 11 is 0. The summed E-state index contributed by atoms with van der Waals surface area (Å²) in [5.74, 6) is -3.44. The molecule has 1 aliphatic heterocycles. The Labute approximate surface area is 193 Å². The molecule has 2 unspecified atom stereocenters. The van der Waals surface area contributed by atoms with E-state index in [1.165, 1.54) is 27.7 Å². The molecule has 0 aromatic carbocycles. The number of hydrogen-bond acceptors (Lipinski definition) is 9. The number of fused-ring (bicyclic) bond motifs is 1. The van der Waals surface area contributed by atoms with E-state index in [1.807, 2.05) is 13.0 Å². The molecule has 0 spiro atoms. The van der Waals surface area contributed by atoms with Gasteiger partial charge in [-0.05, 0) is 39.3 Å². The lowest BCUT2D eigenvalue weighted by molar-refractivity contribution is -0.188. The summed E-state index contributed by atoms with van der Waals surface area (Å²) in [6.45, 7) is 12.5. The van der Waals surface area contributed by atoms with Gasteiger partial charge in [0.25, 0.3) is 0 Å². The molecule has 0 aromatic rings. The molecule has 0 aromatic heterocycles. The van der Waals surface area contributed by atoms with Crippen LogP contribution in [0.25, 0.3) is 0 Å². The fourth-order valence-corrected chi connectivity index (χ4v) is 3.81. The van der Waals surface area contributed by atoms with E-state index in [0.717, 1.165) is 5.57 Å². The second kappa shape index (κ2) is 10.3. The summed E-state index contributed by atoms with van der Waals surface area (Å²) in [7, 11) is 0. The zero-order valence-corrected chi connectivity index (χ0v) is 19.9. The molecule has 2 aliphatic rings. The molecule has 2 rings (SSSR count). The fraction of sp³-hybridized carbons (Fsp3) is 0.583. The van der Waals surface area contributed by atoms with Gasteiger partial charge in [0.2, 0.25) is 0 Å². The molecule has 0 radical (unpaired) electrons. The van der Waals surface area contributed by atoms with Crippen LogP contribution in [0.2, 0.25) is 0 Å². The highest BCUT2D eigenvalue weighted by molar-refractivity contribution is 5.91. The van der Waals surface area contributed by atoms with Crippen molar-refractivity contribution < 1.29 is 43.2 Å². The topological polar surface area (TPSA) is 125 Å². The molecule has 1 N–H and O–H groups in total. The summed E-state index contributed by atoms with van der Waals surface area (Å²) in [5.41, 5.74) is -0.496. The number of ether oxygens (including phenoxy) is 4. The number of carbonyl (C=O) groups excluding carboxylic acids is 4. The Morgan fingerprint density at radius 1 is 1.21 bits per heavy atom.